The second-order valence-corrected chi connectivity index (χ2v) is 6.79. The number of carbonyl (C=O) groups is 1. The minimum atomic E-state index is -0.394. The number of halogens is 1. The van der Waals surface area contributed by atoms with E-state index in [1.807, 2.05) is 6.07 Å². The third kappa shape index (κ3) is 3.68. The smallest absolute Gasteiger partial charge is 0.330 e. The minimum Gasteiger partial charge on any atom is -0.368 e. The van der Waals surface area contributed by atoms with Crippen molar-refractivity contribution in [2.24, 2.45) is 0 Å². The molecule has 0 radical (unpaired) electrons. The highest BCUT2D eigenvalue weighted by molar-refractivity contribution is 5.81. The van der Waals surface area contributed by atoms with Gasteiger partial charge in [0.2, 0.25) is 5.91 Å². The van der Waals surface area contributed by atoms with Crippen molar-refractivity contribution in [3.05, 3.63) is 64.5 Å². The van der Waals surface area contributed by atoms with Crippen LogP contribution in [0.4, 0.5) is 4.39 Å². The molecule has 0 saturated carbocycles. The lowest BCUT2D eigenvalue weighted by Gasteiger charge is -2.10. The molecule has 1 N–H and O–H groups in total. The fraction of sp³-hybridized carbons (Fsp3) is 0.350. The first-order valence-corrected chi connectivity index (χ1v) is 9.31. The Hall–Kier alpha value is -3.00. The Morgan fingerprint density at radius 1 is 1.25 bits per heavy atom. The van der Waals surface area contributed by atoms with E-state index in [1.54, 1.807) is 33.5 Å². The number of benzene rings is 1. The summed E-state index contributed by atoms with van der Waals surface area (Å²) in [4.78, 5) is 29.4. The maximum atomic E-state index is 13.2. The number of pyridine rings is 1. The van der Waals surface area contributed by atoms with Gasteiger partial charge in [0.05, 0.1) is 12.1 Å². The van der Waals surface area contributed by atoms with Gasteiger partial charge in [-0.2, -0.15) is 0 Å². The fourth-order valence-corrected chi connectivity index (χ4v) is 3.46. The predicted molar refractivity (Wildman–Crippen MR) is 101 cm³/mol. The van der Waals surface area contributed by atoms with Crippen molar-refractivity contribution in [3.63, 3.8) is 0 Å². The molecule has 1 aliphatic heterocycles. The molecule has 1 aromatic carbocycles. The third-order valence-corrected chi connectivity index (χ3v) is 4.89. The van der Waals surface area contributed by atoms with Gasteiger partial charge in [-0.1, -0.05) is 12.1 Å². The van der Waals surface area contributed by atoms with Crippen LogP contribution in [-0.4, -0.2) is 39.3 Å². The first-order chi connectivity index (χ1) is 13.6. The van der Waals surface area contributed by atoms with Gasteiger partial charge in [0.25, 0.3) is 0 Å². The zero-order chi connectivity index (χ0) is 19.5. The van der Waals surface area contributed by atoms with Gasteiger partial charge < -0.3 is 10.1 Å². The monoisotopic (exact) mass is 384 g/mol. The fourth-order valence-electron chi connectivity index (χ4n) is 3.46. The zero-order valence-corrected chi connectivity index (χ0v) is 15.3. The molecule has 0 spiro atoms. The number of carbonyl (C=O) groups excluding carboxylic acids is 1. The molecule has 8 heteroatoms. The van der Waals surface area contributed by atoms with Crippen molar-refractivity contribution in [1.29, 1.82) is 0 Å². The zero-order valence-electron chi connectivity index (χ0n) is 15.3. The second-order valence-electron chi connectivity index (χ2n) is 6.79. The van der Waals surface area contributed by atoms with Gasteiger partial charge in [-0.15, -0.1) is 0 Å². The van der Waals surface area contributed by atoms with Gasteiger partial charge in [-0.25, -0.2) is 14.2 Å². The lowest BCUT2D eigenvalue weighted by molar-refractivity contribution is -0.130. The van der Waals surface area contributed by atoms with Crippen LogP contribution in [0.1, 0.15) is 18.4 Å². The van der Waals surface area contributed by atoms with Crippen molar-refractivity contribution < 1.29 is 13.9 Å². The van der Waals surface area contributed by atoms with Crippen molar-refractivity contribution >= 4 is 17.1 Å². The summed E-state index contributed by atoms with van der Waals surface area (Å²) in [6, 6.07) is 9.66. The summed E-state index contributed by atoms with van der Waals surface area (Å²) in [5, 5.41) is 2.83. The van der Waals surface area contributed by atoms with Crippen molar-refractivity contribution in [1.82, 2.24) is 19.4 Å². The molecular weight excluding hydrogens is 363 g/mol. The number of hydrogen-bond donors (Lipinski definition) is 1. The molecule has 7 nitrogen and oxygen atoms in total. The SMILES string of the molecule is O=C(NCCn1c(=O)n(Cc2ccc(F)cc2)c2cccnc21)C1CCCO1. The summed E-state index contributed by atoms with van der Waals surface area (Å²) in [6.45, 7) is 1.54. The van der Waals surface area contributed by atoms with Crippen LogP contribution in [0.15, 0.2) is 47.4 Å². The standard InChI is InChI=1S/C20H21FN4O3/c21-15-7-5-14(6-8-15)13-25-16-3-1-9-22-18(16)24(20(25)27)11-10-23-19(26)17-4-2-12-28-17/h1,3,5-9,17H,2,4,10-13H2,(H,23,26). The van der Waals surface area contributed by atoms with Gasteiger partial charge in [0.15, 0.2) is 5.65 Å². The van der Waals surface area contributed by atoms with Crippen molar-refractivity contribution in [2.45, 2.75) is 32.0 Å². The number of amides is 1. The van der Waals surface area contributed by atoms with E-state index in [2.05, 4.69) is 10.3 Å². The van der Waals surface area contributed by atoms with Crippen molar-refractivity contribution in [2.75, 3.05) is 13.2 Å². The number of fused-ring (bicyclic) bond motifs is 1. The summed E-state index contributed by atoms with van der Waals surface area (Å²) in [5.74, 6) is -0.462. The molecule has 1 fully saturated rings. The molecule has 2 aromatic heterocycles. The first-order valence-electron chi connectivity index (χ1n) is 9.31. The summed E-state index contributed by atoms with van der Waals surface area (Å²) in [5.41, 5.74) is 1.85. The Kier molecular flexibility index (Phi) is 5.21. The highest BCUT2D eigenvalue weighted by Crippen LogP contribution is 2.13. The molecule has 4 rings (SSSR count). The van der Waals surface area contributed by atoms with E-state index in [0.717, 1.165) is 18.4 Å². The molecular formula is C20H21FN4O3. The largest absolute Gasteiger partial charge is 0.368 e. The number of imidazole rings is 1. The lowest BCUT2D eigenvalue weighted by atomic mass is 10.2. The number of nitrogens with zero attached hydrogens (tertiary/aromatic N) is 3. The van der Waals surface area contributed by atoms with E-state index in [-0.39, 0.29) is 17.4 Å². The number of hydrogen-bond acceptors (Lipinski definition) is 4. The highest BCUT2D eigenvalue weighted by Gasteiger charge is 2.23. The molecule has 1 aliphatic rings. The van der Waals surface area contributed by atoms with Gasteiger partial charge in [0.1, 0.15) is 11.9 Å². The molecule has 0 aliphatic carbocycles. The third-order valence-electron chi connectivity index (χ3n) is 4.89. The Labute approximate surface area is 160 Å². The Morgan fingerprint density at radius 2 is 2.07 bits per heavy atom. The summed E-state index contributed by atoms with van der Waals surface area (Å²) >= 11 is 0. The van der Waals surface area contributed by atoms with E-state index in [9.17, 15) is 14.0 Å². The van der Waals surface area contributed by atoms with E-state index in [4.69, 9.17) is 4.74 Å². The molecule has 1 atom stereocenters. The molecule has 28 heavy (non-hydrogen) atoms. The Morgan fingerprint density at radius 3 is 2.82 bits per heavy atom. The number of rotatable bonds is 6. The van der Waals surface area contributed by atoms with Gasteiger partial charge in [-0.3, -0.25) is 13.9 Å². The van der Waals surface area contributed by atoms with Crippen LogP contribution in [0.2, 0.25) is 0 Å². The average Bonchev–Trinajstić information content (AvgIpc) is 3.33. The van der Waals surface area contributed by atoms with Crippen LogP contribution in [-0.2, 0) is 22.6 Å². The molecule has 1 amide bonds. The van der Waals surface area contributed by atoms with Gasteiger partial charge >= 0.3 is 5.69 Å². The van der Waals surface area contributed by atoms with Crippen LogP contribution in [0, 0.1) is 5.82 Å². The van der Waals surface area contributed by atoms with Crippen LogP contribution in [0.25, 0.3) is 11.2 Å². The Balaban J connectivity index is 1.54. The van der Waals surface area contributed by atoms with Crippen LogP contribution in [0.3, 0.4) is 0 Å². The first kappa shape index (κ1) is 18.4. The molecule has 1 unspecified atom stereocenters. The molecule has 3 heterocycles. The maximum absolute atomic E-state index is 13.2. The summed E-state index contributed by atoms with van der Waals surface area (Å²) in [6.07, 6.45) is 2.85. The average molecular weight is 384 g/mol. The van der Waals surface area contributed by atoms with E-state index < -0.39 is 6.10 Å². The normalized spacial score (nSPS) is 16.5. The molecule has 3 aromatic rings. The van der Waals surface area contributed by atoms with Crippen molar-refractivity contribution in [3.8, 4) is 0 Å². The van der Waals surface area contributed by atoms with E-state index >= 15 is 0 Å². The minimum absolute atomic E-state index is 0.145. The summed E-state index contributed by atoms with van der Waals surface area (Å²) < 4.78 is 21.7. The van der Waals surface area contributed by atoms with E-state index in [0.29, 0.717) is 37.4 Å². The number of aromatic nitrogens is 3. The van der Waals surface area contributed by atoms with Crippen LogP contribution in [0.5, 0.6) is 0 Å². The lowest BCUT2D eigenvalue weighted by Crippen LogP contribution is -2.37. The molecule has 146 valence electrons. The molecule has 1 saturated heterocycles. The van der Waals surface area contributed by atoms with Crippen LogP contribution < -0.4 is 11.0 Å². The second kappa shape index (κ2) is 7.93. The number of nitrogens with one attached hydrogen (secondary N) is 1. The summed E-state index contributed by atoms with van der Waals surface area (Å²) in [7, 11) is 0. The quantitative estimate of drug-likeness (QED) is 0.701. The van der Waals surface area contributed by atoms with Gasteiger partial charge in [0, 0.05) is 25.9 Å². The Bertz CT molecular complexity index is 1040. The highest BCUT2D eigenvalue weighted by atomic mass is 19.1. The van der Waals surface area contributed by atoms with Crippen LogP contribution >= 0.6 is 0 Å². The maximum Gasteiger partial charge on any atom is 0.330 e. The van der Waals surface area contributed by atoms with E-state index in [1.165, 1.54) is 12.1 Å². The topological polar surface area (TPSA) is 78.2 Å². The predicted octanol–water partition coefficient (Wildman–Crippen LogP) is 1.68. The van der Waals surface area contributed by atoms with Gasteiger partial charge in [-0.05, 0) is 42.7 Å². The number of ether oxygens (including phenoxy) is 1. The molecule has 0 bridgehead atoms.